The van der Waals surface area contributed by atoms with E-state index in [4.69, 9.17) is 11.6 Å². The number of hydrogen-bond acceptors (Lipinski definition) is 2. The largest absolute Gasteiger partial charge is 0.347 e. The van der Waals surface area contributed by atoms with Crippen LogP contribution in [0.15, 0.2) is 24.3 Å². The Morgan fingerprint density at radius 3 is 2.26 bits per heavy atom. The highest BCUT2D eigenvalue weighted by Gasteiger charge is 2.29. The van der Waals surface area contributed by atoms with Crippen molar-refractivity contribution < 1.29 is 4.79 Å². The molecule has 0 radical (unpaired) electrons. The maximum atomic E-state index is 12.0. The van der Waals surface area contributed by atoms with E-state index in [0.717, 1.165) is 18.4 Å². The molecule has 0 aromatic heterocycles. The predicted molar refractivity (Wildman–Crippen MR) is 80.4 cm³/mol. The highest BCUT2D eigenvalue weighted by molar-refractivity contribution is 6.30. The van der Waals surface area contributed by atoms with Crippen LogP contribution in [0.3, 0.4) is 0 Å². The summed E-state index contributed by atoms with van der Waals surface area (Å²) in [7, 11) is 1.85. The monoisotopic (exact) mass is 282 g/mol. The van der Waals surface area contributed by atoms with Crippen molar-refractivity contribution in [2.24, 2.45) is 0 Å². The maximum Gasteiger partial charge on any atom is 0.221 e. The fourth-order valence-corrected chi connectivity index (χ4v) is 2.37. The van der Waals surface area contributed by atoms with Crippen LogP contribution in [0.1, 0.15) is 38.7 Å². The molecule has 0 aliphatic rings. The Kier molecular flexibility index (Phi) is 6.32. The lowest BCUT2D eigenvalue weighted by Gasteiger charge is -2.33. The minimum atomic E-state index is -0.296. The molecular weight excluding hydrogens is 260 g/mol. The van der Waals surface area contributed by atoms with Crippen molar-refractivity contribution in [1.82, 2.24) is 10.6 Å². The average Bonchev–Trinajstić information content (AvgIpc) is 2.43. The van der Waals surface area contributed by atoms with Crippen LogP contribution in [0, 0.1) is 0 Å². The molecule has 19 heavy (non-hydrogen) atoms. The van der Waals surface area contributed by atoms with Gasteiger partial charge in [0.1, 0.15) is 0 Å². The van der Waals surface area contributed by atoms with Gasteiger partial charge in [-0.3, -0.25) is 4.79 Å². The molecule has 0 unspecified atom stereocenters. The van der Waals surface area contributed by atoms with Crippen molar-refractivity contribution in [1.29, 1.82) is 0 Å². The fraction of sp³-hybridized carbons (Fsp3) is 0.533. The van der Waals surface area contributed by atoms with Crippen molar-refractivity contribution in [3.8, 4) is 0 Å². The molecule has 0 saturated carbocycles. The molecule has 0 aliphatic heterocycles. The Bertz CT molecular complexity index is 399. The van der Waals surface area contributed by atoms with Crippen LogP contribution in [0.2, 0.25) is 5.02 Å². The van der Waals surface area contributed by atoms with E-state index >= 15 is 0 Å². The van der Waals surface area contributed by atoms with Crippen molar-refractivity contribution >= 4 is 17.5 Å². The lowest BCUT2D eigenvalue weighted by Crippen LogP contribution is -2.45. The number of halogens is 1. The lowest BCUT2D eigenvalue weighted by molar-refractivity contribution is -0.123. The van der Waals surface area contributed by atoms with E-state index in [2.05, 4.69) is 24.5 Å². The van der Waals surface area contributed by atoms with E-state index in [-0.39, 0.29) is 11.4 Å². The molecule has 1 rings (SSSR count). The zero-order valence-electron chi connectivity index (χ0n) is 11.9. The minimum Gasteiger partial charge on any atom is -0.347 e. The number of carbonyl (C=O) groups excluding carboxylic acids is 1. The summed E-state index contributed by atoms with van der Waals surface area (Å²) in [5.74, 6) is 0.0769. The van der Waals surface area contributed by atoms with Gasteiger partial charge in [-0.2, -0.15) is 0 Å². The molecule has 0 fully saturated rings. The van der Waals surface area contributed by atoms with Gasteiger partial charge in [0.25, 0.3) is 0 Å². The third kappa shape index (κ3) is 4.22. The Morgan fingerprint density at radius 1 is 1.21 bits per heavy atom. The summed E-state index contributed by atoms with van der Waals surface area (Å²) < 4.78 is 0. The van der Waals surface area contributed by atoms with Gasteiger partial charge in [-0.1, -0.05) is 37.6 Å². The molecule has 106 valence electrons. The Hall–Kier alpha value is -1.06. The van der Waals surface area contributed by atoms with Crippen LogP contribution >= 0.6 is 11.6 Å². The maximum absolute atomic E-state index is 12.0. The van der Waals surface area contributed by atoms with E-state index < -0.39 is 0 Å². The normalized spacial score (nSPS) is 11.4. The number of benzene rings is 1. The van der Waals surface area contributed by atoms with Gasteiger partial charge in [-0.05, 0) is 37.6 Å². The number of rotatable bonds is 7. The van der Waals surface area contributed by atoms with Gasteiger partial charge in [0.05, 0.1) is 5.54 Å². The SMILES string of the molecule is CCC(CC)(NC(=O)CCNC)c1ccc(Cl)cc1. The summed E-state index contributed by atoms with van der Waals surface area (Å²) in [6.07, 6.45) is 2.21. The van der Waals surface area contributed by atoms with E-state index in [9.17, 15) is 4.79 Å². The Morgan fingerprint density at radius 2 is 1.79 bits per heavy atom. The molecule has 0 atom stereocenters. The summed E-state index contributed by atoms with van der Waals surface area (Å²) >= 11 is 5.93. The van der Waals surface area contributed by atoms with Gasteiger partial charge in [0, 0.05) is 18.0 Å². The molecule has 2 N–H and O–H groups in total. The van der Waals surface area contributed by atoms with Gasteiger partial charge in [0.15, 0.2) is 0 Å². The summed E-state index contributed by atoms with van der Waals surface area (Å²) in [6, 6.07) is 7.73. The molecular formula is C15H23ClN2O. The summed E-state index contributed by atoms with van der Waals surface area (Å²) in [4.78, 5) is 12.0. The molecule has 0 heterocycles. The zero-order chi connectivity index (χ0) is 14.3. The fourth-order valence-electron chi connectivity index (χ4n) is 2.24. The van der Waals surface area contributed by atoms with Gasteiger partial charge in [-0.15, -0.1) is 0 Å². The van der Waals surface area contributed by atoms with E-state index in [1.165, 1.54) is 0 Å². The molecule has 1 aromatic rings. The molecule has 0 saturated heterocycles. The average molecular weight is 283 g/mol. The zero-order valence-corrected chi connectivity index (χ0v) is 12.7. The molecule has 3 nitrogen and oxygen atoms in total. The van der Waals surface area contributed by atoms with Crippen molar-refractivity contribution in [2.45, 2.75) is 38.6 Å². The van der Waals surface area contributed by atoms with Crippen LogP contribution in [0.5, 0.6) is 0 Å². The summed E-state index contributed by atoms with van der Waals surface area (Å²) in [5, 5.41) is 6.88. The standard InChI is InChI=1S/C15H23ClN2O/c1-4-15(5-2,18-14(19)10-11-17-3)12-6-8-13(16)9-7-12/h6-9,17H,4-5,10-11H2,1-3H3,(H,18,19). The number of carbonyl (C=O) groups is 1. The third-order valence-corrected chi connectivity index (χ3v) is 3.84. The second kappa shape index (κ2) is 7.51. The lowest BCUT2D eigenvalue weighted by atomic mass is 9.84. The quantitative estimate of drug-likeness (QED) is 0.807. The van der Waals surface area contributed by atoms with Crippen LogP contribution in [-0.4, -0.2) is 19.5 Å². The Labute approximate surface area is 120 Å². The molecule has 1 amide bonds. The highest BCUT2D eigenvalue weighted by Crippen LogP contribution is 2.29. The molecule has 0 spiro atoms. The van der Waals surface area contributed by atoms with Crippen molar-refractivity contribution in [2.75, 3.05) is 13.6 Å². The van der Waals surface area contributed by atoms with Gasteiger partial charge >= 0.3 is 0 Å². The van der Waals surface area contributed by atoms with Crippen molar-refractivity contribution in [3.05, 3.63) is 34.9 Å². The Balaban J connectivity index is 2.90. The van der Waals surface area contributed by atoms with E-state index in [1.807, 2.05) is 31.3 Å². The highest BCUT2D eigenvalue weighted by atomic mass is 35.5. The first-order valence-corrected chi connectivity index (χ1v) is 7.17. The first-order chi connectivity index (χ1) is 9.07. The topological polar surface area (TPSA) is 41.1 Å². The summed E-state index contributed by atoms with van der Waals surface area (Å²) in [6.45, 7) is 4.88. The molecule has 4 heteroatoms. The molecule has 1 aromatic carbocycles. The predicted octanol–water partition coefficient (Wildman–Crippen LogP) is 3.08. The van der Waals surface area contributed by atoms with Crippen LogP contribution in [0.4, 0.5) is 0 Å². The van der Waals surface area contributed by atoms with Crippen molar-refractivity contribution in [3.63, 3.8) is 0 Å². The number of nitrogens with one attached hydrogen (secondary N) is 2. The molecule has 0 bridgehead atoms. The van der Waals surface area contributed by atoms with E-state index in [1.54, 1.807) is 0 Å². The second-order valence-corrected chi connectivity index (χ2v) is 5.13. The van der Waals surface area contributed by atoms with Crippen LogP contribution in [0.25, 0.3) is 0 Å². The van der Waals surface area contributed by atoms with Crippen LogP contribution < -0.4 is 10.6 Å². The summed E-state index contributed by atoms with van der Waals surface area (Å²) in [5.41, 5.74) is 0.815. The smallest absolute Gasteiger partial charge is 0.221 e. The molecule has 0 aliphatic carbocycles. The first-order valence-electron chi connectivity index (χ1n) is 6.79. The first kappa shape index (κ1) is 16.0. The minimum absolute atomic E-state index is 0.0769. The van der Waals surface area contributed by atoms with Gasteiger partial charge in [-0.25, -0.2) is 0 Å². The number of amides is 1. The van der Waals surface area contributed by atoms with Crippen LogP contribution in [-0.2, 0) is 10.3 Å². The van der Waals surface area contributed by atoms with E-state index in [0.29, 0.717) is 18.0 Å². The third-order valence-electron chi connectivity index (χ3n) is 3.58. The van der Waals surface area contributed by atoms with Gasteiger partial charge in [0.2, 0.25) is 5.91 Å². The second-order valence-electron chi connectivity index (χ2n) is 4.70. The van der Waals surface area contributed by atoms with Gasteiger partial charge < -0.3 is 10.6 Å². The number of hydrogen-bond donors (Lipinski definition) is 2.